The minimum atomic E-state index is -4.45. The molecule has 3 rings (SSSR count). The molecule has 0 atom stereocenters. The molecule has 4 nitrogen and oxygen atoms in total. The number of benzene rings is 1. The fourth-order valence-electron chi connectivity index (χ4n) is 3.70. The molecule has 1 aliphatic carbocycles. The number of imide groups is 1. The third kappa shape index (κ3) is 3.65. The smallest absolute Gasteiger partial charge is 0.323 e. The SMILES string of the molecule is O=C1NC2(CCCCCCC2)C(=O)N1Cc1cccc(C(F)(F)F)c1. The van der Waals surface area contributed by atoms with Gasteiger partial charge in [-0.25, -0.2) is 4.79 Å². The number of alkyl halides is 3. The van der Waals surface area contributed by atoms with Crippen LogP contribution in [0.1, 0.15) is 56.1 Å². The van der Waals surface area contributed by atoms with Crippen molar-refractivity contribution in [3.63, 3.8) is 0 Å². The lowest BCUT2D eigenvalue weighted by Crippen LogP contribution is -2.47. The highest BCUT2D eigenvalue weighted by Gasteiger charge is 2.50. The molecule has 0 aromatic heterocycles. The molecule has 7 heteroatoms. The Hall–Kier alpha value is -2.05. The summed E-state index contributed by atoms with van der Waals surface area (Å²) in [7, 11) is 0. The van der Waals surface area contributed by atoms with Gasteiger partial charge in [-0.1, -0.05) is 44.2 Å². The van der Waals surface area contributed by atoms with Crippen molar-refractivity contribution in [2.24, 2.45) is 0 Å². The highest BCUT2D eigenvalue weighted by molar-refractivity contribution is 6.07. The summed E-state index contributed by atoms with van der Waals surface area (Å²) in [4.78, 5) is 26.2. The summed E-state index contributed by atoms with van der Waals surface area (Å²) < 4.78 is 38.5. The number of hydrogen-bond acceptors (Lipinski definition) is 2. The zero-order valence-corrected chi connectivity index (χ0v) is 13.9. The van der Waals surface area contributed by atoms with Gasteiger partial charge in [-0.2, -0.15) is 13.2 Å². The van der Waals surface area contributed by atoms with Gasteiger partial charge in [0.2, 0.25) is 0 Å². The van der Waals surface area contributed by atoms with Crippen LogP contribution < -0.4 is 5.32 Å². The van der Waals surface area contributed by atoms with Crippen molar-refractivity contribution in [2.45, 2.75) is 63.2 Å². The molecule has 1 aliphatic heterocycles. The molecule has 3 amide bonds. The standard InChI is InChI=1S/C18H21F3N2O2/c19-18(20,21)14-8-6-7-13(11-14)12-23-15(24)17(22-16(23)25)9-4-2-1-3-5-10-17/h6-8,11H,1-5,9-10,12H2,(H,22,25). The number of hydrogen-bond donors (Lipinski definition) is 1. The van der Waals surface area contributed by atoms with E-state index < -0.39 is 23.3 Å². The third-order valence-electron chi connectivity index (χ3n) is 5.05. The number of nitrogens with zero attached hydrogens (tertiary/aromatic N) is 1. The number of carbonyl (C=O) groups excluding carboxylic acids is 2. The molecule has 0 bridgehead atoms. The molecule has 25 heavy (non-hydrogen) atoms. The molecule has 1 saturated carbocycles. The number of halogens is 3. The van der Waals surface area contributed by atoms with Crippen molar-refractivity contribution >= 4 is 11.9 Å². The van der Waals surface area contributed by atoms with Crippen molar-refractivity contribution in [1.82, 2.24) is 10.2 Å². The normalized spacial score (nSPS) is 21.2. The van der Waals surface area contributed by atoms with Crippen molar-refractivity contribution in [2.75, 3.05) is 0 Å². The van der Waals surface area contributed by atoms with E-state index in [-0.39, 0.29) is 12.5 Å². The highest BCUT2D eigenvalue weighted by atomic mass is 19.4. The van der Waals surface area contributed by atoms with E-state index in [2.05, 4.69) is 5.32 Å². The molecule has 1 aromatic carbocycles. The second-order valence-electron chi connectivity index (χ2n) is 6.87. The molecule has 2 aliphatic rings. The van der Waals surface area contributed by atoms with Gasteiger partial charge in [-0.05, 0) is 30.5 Å². The molecule has 0 radical (unpaired) electrons. The van der Waals surface area contributed by atoms with Crippen molar-refractivity contribution < 1.29 is 22.8 Å². The van der Waals surface area contributed by atoms with Gasteiger partial charge in [-0.15, -0.1) is 0 Å². The fraction of sp³-hybridized carbons (Fsp3) is 0.556. The lowest BCUT2D eigenvalue weighted by atomic mass is 9.84. The Bertz CT molecular complexity index is 665. The van der Waals surface area contributed by atoms with Crippen LogP contribution in [-0.2, 0) is 17.5 Å². The van der Waals surface area contributed by atoms with Crippen LogP contribution in [0.2, 0.25) is 0 Å². The Kier molecular flexibility index (Phi) is 4.75. The summed E-state index contributed by atoms with van der Waals surface area (Å²) in [6, 6.07) is 4.25. The van der Waals surface area contributed by atoms with Gasteiger partial charge in [0, 0.05) is 0 Å². The zero-order valence-electron chi connectivity index (χ0n) is 13.9. The van der Waals surface area contributed by atoms with Crippen LogP contribution in [0, 0.1) is 0 Å². The van der Waals surface area contributed by atoms with E-state index >= 15 is 0 Å². The molecule has 1 saturated heterocycles. The van der Waals surface area contributed by atoms with E-state index in [0.717, 1.165) is 49.1 Å². The van der Waals surface area contributed by atoms with Crippen LogP contribution in [0.3, 0.4) is 0 Å². The second-order valence-corrected chi connectivity index (χ2v) is 6.87. The summed E-state index contributed by atoms with van der Waals surface area (Å²) in [5.74, 6) is -0.309. The van der Waals surface area contributed by atoms with Gasteiger partial charge < -0.3 is 5.32 Å². The number of carbonyl (C=O) groups is 2. The Balaban J connectivity index is 1.79. The topological polar surface area (TPSA) is 49.4 Å². The van der Waals surface area contributed by atoms with Gasteiger partial charge in [0.1, 0.15) is 5.54 Å². The molecular weight excluding hydrogens is 333 g/mol. The molecule has 1 heterocycles. The predicted octanol–water partition coefficient (Wildman–Crippen LogP) is 4.24. The Morgan fingerprint density at radius 3 is 2.32 bits per heavy atom. The number of amides is 3. The molecule has 1 N–H and O–H groups in total. The zero-order chi connectivity index (χ0) is 18.1. The van der Waals surface area contributed by atoms with E-state index in [0.29, 0.717) is 18.4 Å². The van der Waals surface area contributed by atoms with Crippen molar-refractivity contribution in [3.8, 4) is 0 Å². The first-order valence-corrected chi connectivity index (χ1v) is 8.62. The minimum Gasteiger partial charge on any atom is -0.323 e. The third-order valence-corrected chi connectivity index (χ3v) is 5.05. The summed E-state index contributed by atoms with van der Waals surface area (Å²) >= 11 is 0. The van der Waals surface area contributed by atoms with E-state index in [4.69, 9.17) is 0 Å². The Morgan fingerprint density at radius 2 is 1.68 bits per heavy atom. The van der Waals surface area contributed by atoms with Crippen LogP contribution in [0.15, 0.2) is 24.3 Å². The first-order valence-electron chi connectivity index (χ1n) is 8.62. The summed E-state index contributed by atoms with van der Waals surface area (Å²) in [5, 5.41) is 2.82. The van der Waals surface area contributed by atoms with Crippen molar-refractivity contribution in [1.29, 1.82) is 0 Å². The maximum atomic E-state index is 12.9. The summed E-state index contributed by atoms with van der Waals surface area (Å²) in [6.07, 6.45) is 1.65. The molecule has 2 fully saturated rings. The monoisotopic (exact) mass is 354 g/mol. The molecule has 136 valence electrons. The van der Waals surface area contributed by atoms with Gasteiger partial charge in [-0.3, -0.25) is 9.69 Å². The number of urea groups is 1. The molecular formula is C18H21F3N2O2. The average molecular weight is 354 g/mol. The lowest BCUT2D eigenvalue weighted by molar-refractivity contribution is -0.137. The number of nitrogens with one attached hydrogen (secondary N) is 1. The van der Waals surface area contributed by atoms with Crippen molar-refractivity contribution in [3.05, 3.63) is 35.4 Å². The van der Waals surface area contributed by atoms with Gasteiger partial charge >= 0.3 is 12.2 Å². The molecule has 1 aromatic rings. The maximum absolute atomic E-state index is 12.9. The first-order chi connectivity index (χ1) is 11.8. The molecule has 0 unspecified atom stereocenters. The van der Waals surface area contributed by atoms with Crippen LogP contribution in [-0.4, -0.2) is 22.4 Å². The first kappa shape index (κ1) is 17.8. The van der Waals surface area contributed by atoms with Crippen LogP contribution >= 0.6 is 0 Å². The van der Waals surface area contributed by atoms with E-state index in [9.17, 15) is 22.8 Å². The van der Waals surface area contributed by atoms with E-state index in [1.807, 2.05) is 0 Å². The van der Waals surface area contributed by atoms with Crippen LogP contribution in [0.5, 0.6) is 0 Å². The van der Waals surface area contributed by atoms with Crippen LogP contribution in [0.4, 0.5) is 18.0 Å². The van der Waals surface area contributed by atoms with Crippen LogP contribution in [0.25, 0.3) is 0 Å². The Morgan fingerprint density at radius 1 is 1.04 bits per heavy atom. The molecule has 1 spiro atoms. The van der Waals surface area contributed by atoms with E-state index in [1.54, 1.807) is 0 Å². The summed E-state index contributed by atoms with van der Waals surface area (Å²) in [6.45, 7) is -0.143. The largest absolute Gasteiger partial charge is 0.416 e. The lowest BCUT2D eigenvalue weighted by Gasteiger charge is -2.28. The quantitative estimate of drug-likeness (QED) is 0.808. The fourth-order valence-corrected chi connectivity index (χ4v) is 3.70. The second kappa shape index (κ2) is 6.69. The van der Waals surface area contributed by atoms with E-state index in [1.165, 1.54) is 12.1 Å². The Labute approximate surface area is 144 Å². The van der Waals surface area contributed by atoms with Gasteiger partial charge in [0.15, 0.2) is 0 Å². The minimum absolute atomic E-state index is 0.143. The average Bonchev–Trinajstić information content (AvgIpc) is 2.76. The number of rotatable bonds is 2. The van der Waals surface area contributed by atoms with Gasteiger partial charge in [0.25, 0.3) is 5.91 Å². The predicted molar refractivity (Wildman–Crippen MR) is 85.6 cm³/mol. The summed E-state index contributed by atoms with van der Waals surface area (Å²) in [5.41, 5.74) is -1.36. The van der Waals surface area contributed by atoms with Gasteiger partial charge in [0.05, 0.1) is 12.1 Å². The maximum Gasteiger partial charge on any atom is 0.416 e. The highest BCUT2D eigenvalue weighted by Crippen LogP contribution is 2.34.